The van der Waals surface area contributed by atoms with Crippen LogP contribution in [0.5, 0.6) is 0 Å². The molecule has 0 N–H and O–H groups in total. The van der Waals surface area contributed by atoms with Crippen molar-refractivity contribution in [3.63, 3.8) is 0 Å². The molecule has 0 aliphatic rings. The van der Waals surface area contributed by atoms with Gasteiger partial charge in [-0.25, -0.2) is 9.59 Å². The number of esters is 6. The minimum Gasteiger partial charge on any atom is -0.469 e. The Hall–Kier alpha value is -3.70. The monoisotopic (exact) mass is 486 g/mol. The first kappa shape index (κ1) is 30.3. The van der Waals surface area contributed by atoms with Gasteiger partial charge in [-0.05, 0) is 6.42 Å². The van der Waals surface area contributed by atoms with E-state index in [0.717, 1.165) is 28.4 Å². The topological polar surface area (TPSA) is 158 Å². The Balaban J connectivity index is 5.20. The van der Waals surface area contributed by atoms with Gasteiger partial charge >= 0.3 is 35.8 Å². The van der Waals surface area contributed by atoms with E-state index in [-0.39, 0.29) is 17.6 Å². The van der Waals surface area contributed by atoms with Crippen molar-refractivity contribution in [2.75, 3.05) is 35.0 Å². The zero-order valence-electron chi connectivity index (χ0n) is 19.9. The van der Waals surface area contributed by atoms with Crippen LogP contribution in [0.4, 0.5) is 0 Å². The molecule has 34 heavy (non-hydrogen) atoms. The molecule has 0 aromatic heterocycles. The molecule has 0 heterocycles. The normalized spacial score (nSPS) is 12.7. The zero-order chi connectivity index (χ0) is 26.4. The maximum atomic E-state index is 12.5. The fraction of sp³-hybridized carbons (Fsp3) is 0.545. The smallest absolute Gasteiger partial charge is 0.334 e. The van der Waals surface area contributed by atoms with Crippen LogP contribution in [0.25, 0.3) is 0 Å². The Labute approximate surface area is 197 Å². The van der Waals surface area contributed by atoms with E-state index in [2.05, 4.69) is 32.1 Å². The van der Waals surface area contributed by atoms with Gasteiger partial charge in [0.15, 0.2) is 0 Å². The van der Waals surface area contributed by atoms with Crippen molar-refractivity contribution in [2.24, 2.45) is 11.8 Å². The van der Waals surface area contributed by atoms with Gasteiger partial charge in [-0.3, -0.25) is 19.2 Å². The molecule has 0 spiro atoms. The van der Waals surface area contributed by atoms with Gasteiger partial charge in [-0.2, -0.15) is 0 Å². The second kappa shape index (κ2) is 15.2. The fourth-order valence-corrected chi connectivity index (χ4v) is 2.49. The summed E-state index contributed by atoms with van der Waals surface area (Å²) in [6, 6.07) is 0. The van der Waals surface area contributed by atoms with Crippen molar-refractivity contribution in [3.8, 4) is 0 Å². The van der Waals surface area contributed by atoms with Crippen LogP contribution in [0.15, 0.2) is 24.3 Å². The summed E-state index contributed by atoms with van der Waals surface area (Å²) in [5.74, 6) is -8.00. The average molecular weight is 486 g/mol. The molecule has 12 heteroatoms. The quantitative estimate of drug-likeness (QED) is 0.192. The maximum absolute atomic E-state index is 12.5. The molecule has 0 saturated heterocycles. The lowest BCUT2D eigenvalue weighted by atomic mass is 9.97. The Morgan fingerprint density at radius 2 is 1.09 bits per heavy atom. The Morgan fingerprint density at radius 3 is 1.44 bits per heavy atom. The highest BCUT2D eigenvalue weighted by Gasteiger charge is 2.33. The first-order valence-corrected chi connectivity index (χ1v) is 10.0. The number of hydrogen-bond acceptors (Lipinski definition) is 12. The van der Waals surface area contributed by atoms with E-state index in [1.54, 1.807) is 6.92 Å². The first-order chi connectivity index (χ1) is 16.0. The summed E-state index contributed by atoms with van der Waals surface area (Å²) < 4.78 is 28.5. The van der Waals surface area contributed by atoms with Crippen LogP contribution >= 0.6 is 0 Å². The van der Waals surface area contributed by atoms with Gasteiger partial charge in [-0.1, -0.05) is 20.1 Å². The van der Waals surface area contributed by atoms with Crippen LogP contribution in [0.1, 0.15) is 26.2 Å². The summed E-state index contributed by atoms with van der Waals surface area (Å²) in [5.41, 5.74) is -0.707. The van der Waals surface area contributed by atoms with E-state index >= 15 is 0 Å². The van der Waals surface area contributed by atoms with Crippen molar-refractivity contribution >= 4 is 35.8 Å². The number of carbonyl (C=O) groups excluding carboxylic acids is 6. The predicted molar refractivity (Wildman–Crippen MR) is 114 cm³/mol. The highest BCUT2D eigenvalue weighted by Crippen LogP contribution is 2.21. The molecule has 0 saturated carbocycles. The molecule has 12 nitrogen and oxygen atoms in total. The number of rotatable bonds is 14. The van der Waals surface area contributed by atoms with Crippen LogP contribution in [0, 0.1) is 11.8 Å². The number of ether oxygens (including phenoxy) is 6. The average Bonchev–Trinajstić information content (AvgIpc) is 2.85. The summed E-state index contributed by atoms with van der Waals surface area (Å²) in [5, 5.41) is 0. The van der Waals surface area contributed by atoms with E-state index in [1.807, 2.05) is 0 Å². The van der Waals surface area contributed by atoms with Gasteiger partial charge in [0.2, 0.25) is 0 Å². The van der Waals surface area contributed by atoms with Gasteiger partial charge < -0.3 is 28.4 Å². The van der Waals surface area contributed by atoms with Gasteiger partial charge in [0.25, 0.3) is 0 Å². The molecule has 0 rings (SSSR count). The van der Waals surface area contributed by atoms with Crippen molar-refractivity contribution in [2.45, 2.75) is 32.3 Å². The van der Waals surface area contributed by atoms with Crippen molar-refractivity contribution in [1.29, 1.82) is 0 Å². The third kappa shape index (κ3) is 9.43. The lowest BCUT2D eigenvalue weighted by Gasteiger charge is -2.21. The maximum Gasteiger partial charge on any atom is 0.334 e. The summed E-state index contributed by atoms with van der Waals surface area (Å²) >= 11 is 0. The van der Waals surface area contributed by atoms with Gasteiger partial charge in [-0.15, -0.1) is 0 Å². The van der Waals surface area contributed by atoms with Gasteiger partial charge in [0, 0.05) is 11.1 Å². The van der Waals surface area contributed by atoms with Crippen LogP contribution in [-0.2, 0) is 57.2 Å². The lowest BCUT2D eigenvalue weighted by Crippen LogP contribution is -2.31. The standard InChI is InChI=1S/C22H30O12/c1-8-14(34-20(26)13(3)16(22(28)32-7)10-18(24)30-5)11-33-19(25)12(2)15(21(27)31-6)9-17(23)29-4/h14-16H,2-3,8-11H2,1,4-7H3. The minimum atomic E-state index is -1.33. The van der Waals surface area contributed by atoms with E-state index in [4.69, 9.17) is 9.47 Å². The second-order valence-electron chi connectivity index (χ2n) is 6.80. The number of hydrogen-bond donors (Lipinski definition) is 0. The predicted octanol–water partition coefficient (Wildman–Crippen LogP) is 0.668. The molecule has 0 aliphatic heterocycles. The molecular weight excluding hydrogens is 456 g/mol. The molecule has 0 fully saturated rings. The summed E-state index contributed by atoms with van der Waals surface area (Å²) in [4.78, 5) is 71.8. The van der Waals surface area contributed by atoms with Crippen LogP contribution < -0.4 is 0 Å². The minimum absolute atomic E-state index is 0.196. The molecular formula is C22H30O12. The molecule has 190 valence electrons. The Morgan fingerprint density at radius 1 is 0.676 bits per heavy atom. The fourth-order valence-electron chi connectivity index (χ4n) is 2.49. The van der Waals surface area contributed by atoms with Gasteiger partial charge in [0.05, 0.1) is 53.1 Å². The molecule has 0 aromatic carbocycles. The largest absolute Gasteiger partial charge is 0.469 e. The van der Waals surface area contributed by atoms with Crippen molar-refractivity contribution in [1.82, 2.24) is 0 Å². The highest BCUT2D eigenvalue weighted by molar-refractivity contribution is 5.97. The van der Waals surface area contributed by atoms with Crippen LogP contribution in [-0.4, -0.2) is 77.0 Å². The molecule has 0 aromatic rings. The third-order valence-corrected chi connectivity index (χ3v) is 4.66. The van der Waals surface area contributed by atoms with E-state index in [9.17, 15) is 28.8 Å². The van der Waals surface area contributed by atoms with E-state index in [0.29, 0.717) is 0 Å². The Kier molecular flexibility index (Phi) is 13.5. The Bertz CT molecular complexity index is 813. The van der Waals surface area contributed by atoms with Crippen molar-refractivity contribution in [3.05, 3.63) is 24.3 Å². The second-order valence-corrected chi connectivity index (χ2v) is 6.80. The van der Waals surface area contributed by atoms with Crippen molar-refractivity contribution < 1.29 is 57.2 Å². The lowest BCUT2D eigenvalue weighted by molar-refractivity contribution is -0.158. The number of carbonyl (C=O) groups is 6. The SMILES string of the molecule is C=C(C(=O)OCC(CC)OC(=O)C(=C)C(CC(=O)OC)C(=O)OC)C(CC(=O)OC)C(=O)OC. The molecule has 3 unspecified atom stereocenters. The molecule has 3 atom stereocenters. The summed E-state index contributed by atoms with van der Waals surface area (Å²) in [7, 11) is 4.38. The summed E-state index contributed by atoms with van der Waals surface area (Å²) in [6.45, 7) is 8.20. The zero-order valence-corrected chi connectivity index (χ0v) is 19.9. The van der Waals surface area contributed by atoms with Crippen LogP contribution in [0.2, 0.25) is 0 Å². The number of methoxy groups -OCH3 is 4. The first-order valence-electron chi connectivity index (χ1n) is 10.0. The molecule has 0 amide bonds. The van der Waals surface area contributed by atoms with Crippen LogP contribution in [0.3, 0.4) is 0 Å². The third-order valence-electron chi connectivity index (χ3n) is 4.66. The van der Waals surface area contributed by atoms with Gasteiger partial charge in [0.1, 0.15) is 12.7 Å². The molecule has 0 bridgehead atoms. The summed E-state index contributed by atoms with van der Waals surface area (Å²) in [6.07, 6.45) is -1.74. The highest BCUT2D eigenvalue weighted by atomic mass is 16.6. The molecule has 0 radical (unpaired) electrons. The van der Waals surface area contributed by atoms with E-state index in [1.165, 1.54) is 0 Å². The van der Waals surface area contributed by atoms with E-state index < -0.39 is 73.2 Å². The molecule has 0 aliphatic carbocycles.